The number of epoxide rings is 1. The summed E-state index contributed by atoms with van der Waals surface area (Å²) in [5, 5.41) is 0. The zero-order valence-corrected chi connectivity index (χ0v) is 14.2. The Morgan fingerprint density at radius 2 is 1.92 bits per heavy atom. The molecular formula is C20H22O4. The van der Waals surface area contributed by atoms with Crippen LogP contribution in [0.5, 0.6) is 5.75 Å². The lowest BCUT2D eigenvalue weighted by atomic mass is 9.99. The Morgan fingerprint density at radius 3 is 2.58 bits per heavy atom. The minimum absolute atomic E-state index is 0.232. The number of carbonyl (C=O) groups is 1. The summed E-state index contributed by atoms with van der Waals surface area (Å²) in [6.45, 7) is 4.46. The maximum atomic E-state index is 11.9. The molecule has 24 heavy (non-hydrogen) atoms. The highest BCUT2D eigenvalue weighted by molar-refractivity contribution is 5.79. The summed E-state index contributed by atoms with van der Waals surface area (Å²) < 4.78 is 16.2. The first kappa shape index (κ1) is 16.5. The molecule has 1 fully saturated rings. The van der Waals surface area contributed by atoms with E-state index >= 15 is 0 Å². The van der Waals surface area contributed by atoms with Crippen LogP contribution in [0.2, 0.25) is 0 Å². The Balaban J connectivity index is 1.83. The summed E-state index contributed by atoms with van der Waals surface area (Å²) in [5.74, 6) is 0.517. The van der Waals surface area contributed by atoms with Gasteiger partial charge in [-0.05, 0) is 36.6 Å². The first-order valence-electron chi connectivity index (χ1n) is 8.21. The van der Waals surface area contributed by atoms with Crippen molar-refractivity contribution >= 4 is 5.97 Å². The predicted octanol–water partition coefficient (Wildman–Crippen LogP) is 4.06. The van der Waals surface area contributed by atoms with E-state index in [0.29, 0.717) is 6.61 Å². The summed E-state index contributed by atoms with van der Waals surface area (Å²) in [5.41, 5.74) is 4.24. The van der Waals surface area contributed by atoms with Crippen LogP contribution in [0, 0.1) is 6.92 Å². The zero-order chi connectivity index (χ0) is 17.1. The van der Waals surface area contributed by atoms with Crippen LogP contribution in [0.1, 0.15) is 30.6 Å². The molecule has 2 unspecified atom stereocenters. The van der Waals surface area contributed by atoms with E-state index < -0.39 is 6.10 Å². The van der Waals surface area contributed by atoms with Crippen molar-refractivity contribution in [2.24, 2.45) is 0 Å². The lowest BCUT2D eigenvalue weighted by Crippen LogP contribution is -2.12. The zero-order valence-electron chi connectivity index (χ0n) is 14.2. The SMILES string of the molecule is CCCOC(=O)C1OC1c1ccc(OC)c(-c2ccc(C)cc2)c1. The number of esters is 1. The molecule has 2 aromatic carbocycles. The molecule has 0 spiro atoms. The third-order valence-electron chi connectivity index (χ3n) is 4.09. The quantitative estimate of drug-likeness (QED) is 0.593. The van der Waals surface area contributed by atoms with Crippen molar-refractivity contribution in [3.63, 3.8) is 0 Å². The number of ether oxygens (including phenoxy) is 3. The van der Waals surface area contributed by atoms with Gasteiger partial charge in [0.1, 0.15) is 11.9 Å². The van der Waals surface area contributed by atoms with Gasteiger partial charge in [-0.2, -0.15) is 0 Å². The van der Waals surface area contributed by atoms with Crippen molar-refractivity contribution < 1.29 is 19.0 Å². The second-order valence-corrected chi connectivity index (χ2v) is 5.97. The Bertz CT molecular complexity index is 721. The second-order valence-electron chi connectivity index (χ2n) is 5.97. The van der Waals surface area contributed by atoms with Gasteiger partial charge < -0.3 is 14.2 Å². The van der Waals surface area contributed by atoms with Crippen LogP contribution in [-0.4, -0.2) is 25.8 Å². The van der Waals surface area contributed by atoms with E-state index in [1.807, 2.05) is 25.1 Å². The van der Waals surface area contributed by atoms with Gasteiger partial charge in [0.15, 0.2) is 6.10 Å². The molecular weight excluding hydrogens is 304 g/mol. The number of benzene rings is 2. The molecule has 4 nitrogen and oxygen atoms in total. The van der Waals surface area contributed by atoms with Crippen LogP contribution >= 0.6 is 0 Å². The largest absolute Gasteiger partial charge is 0.496 e. The molecule has 0 bridgehead atoms. The predicted molar refractivity (Wildman–Crippen MR) is 92.0 cm³/mol. The van der Waals surface area contributed by atoms with Gasteiger partial charge in [-0.3, -0.25) is 0 Å². The van der Waals surface area contributed by atoms with Crippen molar-refractivity contribution in [2.45, 2.75) is 32.5 Å². The summed E-state index contributed by atoms with van der Waals surface area (Å²) >= 11 is 0. The maximum absolute atomic E-state index is 11.9. The van der Waals surface area contributed by atoms with E-state index in [2.05, 4.69) is 31.2 Å². The minimum atomic E-state index is -0.490. The maximum Gasteiger partial charge on any atom is 0.338 e. The van der Waals surface area contributed by atoms with Gasteiger partial charge in [0.05, 0.1) is 13.7 Å². The summed E-state index contributed by atoms with van der Waals surface area (Å²) in [6.07, 6.45) is 0.0868. The standard InChI is InChI=1S/C20H22O4/c1-4-11-23-20(21)19-18(24-19)15-9-10-17(22-3)16(12-15)14-7-5-13(2)6-8-14/h5-10,12,18-19H,4,11H2,1-3H3. The molecule has 1 aliphatic heterocycles. The van der Waals surface area contributed by atoms with Gasteiger partial charge in [0, 0.05) is 5.56 Å². The normalized spacial score (nSPS) is 19.0. The fourth-order valence-electron chi connectivity index (χ4n) is 2.69. The first-order chi connectivity index (χ1) is 11.6. The molecule has 126 valence electrons. The molecule has 1 heterocycles. The molecule has 2 atom stereocenters. The Hall–Kier alpha value is -2.33. The molecule has 0 saturated carbocycles. The molecule has 0 aliphatic carbocycles. The number of hydrogen-bond acceptors (Lipinski definition) is 4. The number of carbonyl (C=O) groups excluding carboxylic acids is 1. The Kier molecular flexibility index (Phi) is 4.86. The third-order valence-corrected chi connectivity index (χ3v) is 4.09. The number of hydrogen-bond donors (Lipinski definition) is 0. The summed E-state index contributed by atoms with van der Waals surface area (Å²) in [7, 11) is 1.66. The van der Waals surface area contributed by atoms with Crippen LogP contribution in [0.15, 0.2) is 42.5 Å². The van der Waals surface area contributed by atoms with Gasteiger partial charge in [0.2, 0.25) is 0 Å². The van der Waals surface area contributed by atoms with Crippen LogP contribution in [0.3, 0.4) is 0 Å². The van der Waals surface area contributed by atoms with E-state index in [0.717, 1.165) is 28.9 Å². The molecule has 2 aromatic rings. The van der Waals surface area contributed by atoms with E-state index in [-0.39, 0.29) is 12.1 Å². The fourth-order valence-corrected chi connectivity index (χ4v) is 2.69. The van der Waals surface area contributed by atoms with E-state index in [4.69, 9.17) is 14.2 Å². The fraction of sp³-hybridized carbons (Fsp3) is 0.350. The first-order valence-corrected chi connectivity index (χ1v) is 8.21. The van der Waals surface area contributed by atoms with Gasteiger partial charge in [-0.1, -0.05) is 42.8 Å². The lowest BCUT2D eigenvalue weighted by Gasteiger charge is -2.11. The van der Waals surface area contributed by atoms with Crippen LogP contribution in [0.25, 0.3) is 11.1 Å². The van der Waals surface area contributed by atoms with Crippen LogP contribution < -0.4 is 4.74 Å². The van der Waals surface area contributed by atoms with Gasteiger partial charge in [-0.15, -0.1) is 0 Å². The molecule has 1 saturated heterocycles. The number of methoxy groups -OCH3 is 1. The molecule has 4 heteroatoms. The number of aryl methyl sites for hydroxylation is 1. The van der Waals surface area contributed by atoms with Gasteiger partial charge in [0.25, 0.3) is 0 Å². The highest BCUT2D eigenvalue weighted by atomic mass is 16.6. The van der Waals surface area contributed by atoms with Crippen molar-refractivity contribution in [2.75, 3.05) is 13.7 Å². The highest BCUT2D eigenvalue weighted by Gasteiger charge is 2.47. The molecule has 0 amide bonds. The average Bonchev–Trinajstić information content (AvgIpc) is 3.40. The molecule has 0 N–H and O–H groups in total. The molecule has 0 radical (unpaired) electrons. The monoisotopic (exact) mass is 326 g/mol. The van der Waals surface area contributed by atoms with Crippen molar-refractivity contribution in [3.8, 4) is 16.9 Å². The lowest BCUT2D eigenvalue weighted by molar-refractivity contribution is -0.145. The number of rotatable bonds is 6. The van der Waals surface area contributed by atoms with E-state index in [9.17, 15) is 4.79 Å². The van der Waals surface area contributed by atoms with Crippen LogP contribution in [-0.2, 0) is 14.3 Å². The van der Waals surface area contributed by atoms with E-state index in [1.54, 1.807) is 7.11 Å². The minimum Gasteiger partial charge on any atom is -0.496 e. The van der Waals surface area contributed by atoms with Crippen molar-refractivity contribution in [3.05, 3.63) is 53.6 Å². The van der Waals surface area contributed by atoms with Crippen LogP contribution in [0.4, 0.5) is 0 Å². The molecule has 1 aliphatic rings. The van der Waals surface area contributed by atoms with Gasteiger partial charge >= 0.3 is 5.97 Å². The third kappa shape index (κ3) is 3.44. The average molecular weight is 326 g/mol. The van der Waals surface area contributed by atoms with E-state index in [1.165, 1.54) is 5.56 Å². The smallest absolute Gasteiger partial charge is 0.338 e. The summed E-state index contributed by atoms with van der Waals surface area (Å²) in [4.78, 5) is 11.9. The second kappa shape index (κ2) is 7.05. The Morgan fingerprint density at radius 1 is 1.17 bits per heavy atom. The molecule has 3 rings (SSSR count). The molecule has 0 aromatic heterocycles. The van der Waals surface area contributed by atoms with Crippen molar-refractivity contribution in [1.29, 1.82) is 0 Å². The summed E-state index contributed by atoms with van der Waals surface area (Å²) in [6, 6.07) is 14.2. The Labute approximate surface area is 142 Å². The van der Waals surface area contributed by atoms with Crippen molar-refractivity contribution in [1.82, 2.24) is 0 Å². The topological polar surface area (TPSA) is 48.1 Å². The van der Waals surface area contributed by atoms with Gasteiger partial charge in [-0.25, -0.2) is 4.79 Å². The highest BCUT2D eigenvalue weighted by Crippen LogP contribution is 2.42.